The molecular weight excluding hydrogens is 226 g/mol. The second-order valence-electron chi connectivity index (χ2n) is 3.79. The van der Waals surface area contributed by atoms with E-state index in [9.17, 15) is 4.79 Å². The predicted molar refractivity (Wildman–Crippen MR) is 65.6 cm³/mol. The standard InChI is InChI=1S/C12H15NO2.ClH/c1-9(14)11-4-2-3-5-12(11)15-10-6-7-13-8-10;/h2-5,10,13H,6-8H2,1H3;1H. The lowest BCUT2D eigenvalue weighted by atomic mass is 10.1. The highest BCUT2D eigenvalue weighted by Gasteiger charge is 2.18. The lowest BCUT2D eigenvalue weighted by molar-refractivity contribution is 0.101. The van der Waals surface area contributed by atoms with Crippen LogP contribution in [0.5, 0.6) is 5.75 Å². The average molecular weight is 242 g/mol. The van der Waals surface area contributed by atoms with Crippen molar-refractivity contribution < 1.29 is 9.53 Å². The lowest BCUT2D eigenvalue weighted by Gasteiger charge is -2.14. The van der Waals surface area contributed by atoms with Crippen molar-refractivity contribution in [3.8, 4) is 5.75 Å². The molecule has 0 radical (unpaired) electrons. The normalized spacial score (nSPS) is 18.9. The summed E-state index contributed by atoms with van der Waals surface area (Å²) in [6, 6.07) is 7.41. The van der Waals surface area contributed by atoms with Crippen molar-refractivity contribution in [2.45, 2.75) is 19.4 Å². The summed E-state index contributed by atoms with van der Waals surface area (Å²) in [5, 5.41) is 3.23. The van der Waals surface area contributed by atoms with Crippen molar-refractivity contribution in [1.29, 1.82) is 0 Å². The quantitative estimate of drug-likeness (QED) is 0.824. The van der Waals surface area contributed by atoms with Gasteiger partial charge in [-0.05, 0) is 32.0 Å². The number of carbonyl (C=O) groups is 1. The van der Waals surface area contributed by atoms with Crippen LogP contribution in [0.4, 0.5) is 0 Å². The summed E-state index contributed by atoms with van der Waals surface area (Å²) in [5.74, 6) is 0.759. The van der Waals surface area contributed by atoms with Crippen LogP contribution in [-0.2, 0) is 0 Å². The molecule has 3 nitrogen and oxygen atoms in total. The first-order valence-corrected chi connectivity index (χ1v) is 5.24. The van der Waals surface area contributed by atoms with Gasteiger partial charge in [0, 0.05) is 6.54 Å². The largest absolute Gasteiger partial charge is 0.488 e. The second-order valence-corrected chi connectivity index (χ2v) is 3.79. The molecule has 1 N–H and O–H groups in total. The molecule has 0 spiro atoms. The third-order valence-electron chi connectivity index (χ3n) is 2.58. The molecule has 0 amide bonds. The maximum Gasteiger partial charge on any atom is 0.163 e. The van der Waals surface area contributed by atoms with Gasteiger partial charge in [0.1, 0.15) is 11.9 Å². The van der Waals surface area contributed by atoms with Gasteiger partial charge in [0.15, 0.2) is 5.78 Å². The van der Waals surface area contributed by atoms with Gasteiger partial charge in [0.25, 0.3) is 0 Å². The molecule has 1 unspecified atom stereocenters. The Bertz CT molecular complexity index is 362. The van der Waals surface area contributed by atoms with E-state index in [1.54, 1.807) is 13.0 Å². The third-order valence-corrected chi connectivity index (χ3v) is 2.58. The number of hydrogen-bond acceptors (Lipinski definition) is 3. The Morgan fingerprint density at radius 3 is 2.81 bits per heavy atom. The highest BCUT2D eigenvalue weighted by molar-refractivity contribution is 5.96. The summed E-state index contributed by atoms with van der Waals surface area (Å²) in [6.07, 6.45) is 1.21. The van der Waals surface area contributed by atoms with Gasteiger partial charge in [-0.25, -0.2) is 0 Å². The van der Waals surface area contributed by atoms with Crippen molar-refractivity contribution in [2.75, 3.05) is 13.1 Å². The molecule has 1 heterocycles. The molecule has 0 aromatic heterocycles. The van der Waals surface area contributed by atoms with E-state index >= 15 is 0 Å². The van der Waals surface area contributed by atoms with Crippen LogP contribution in [0.25, 0.3) is 0 Å². The minimum absolute atomic E-state index is 0. The number of hydrogen-bond donors (Lipinski definition) is 1. The molecule has 88 valence electrons. The molecule has 2 rings (SSSR count). The molecule has 1 aliphatic rings. The first-order chi connectivity index (χ1) is 7.27. The molecule has 1 fully saturated rings. The van der Waals surface area contributed by atoms with E-state index in [0.29, 0.717) is 11.3 Å². The molecule has 1 aliphatic heterocycles. The van der Waals surface area contributed by atoms with Crippen LogP contribution in [0.15, 0.2) is 24.3 Å². The SMILES string of the molecule is CC(=O)c1ccccc1OC1CCNC1.Cl. The summed E-state index contributed by atoms with van der Waals surface area (Å²) in [7, 11) is 0. The van der Waals surface area contributed by atoms with Crippen LogP contribution in [0.3, 0.4) is 0 Å². The Kier molecular flexibility index (Phi) is 4.77. The average Bonchev–Trinajstić information content (AvgIpc) is 2.71. The molecular formula is C12H16ClNO2. The number of ketones is 1. The molecule has 16 heavy (non-hydrogen) atoms. The van der Waals surface area contributed by atoms with Crippen molar-refractivity contribution in [3.63, 3.8) is 0 Å². The van der Waals surface area contributed by atoms with E-state index in [1.807, 2.05) is 18.2 Å². The number of benzene rings is 1. The summed E-state index contributed by atoms with van der Waals surface area (Å²) in [4.78, 5) is 11.3. The maximum absolute atomic E-state index is 11.3. The Hall–Kier alpha value is -1.06. The van der Waals surface area contributed by atoms with Gasteiger partial charge in [-0.15, -0.1) is 12.4 Å². The minimum atomic E-state index is 0. The van der Waals surface area contributed by atoms with E-state index in [-0.39, 0.29) is 24.3 Å². The number of para-hydroxylation sites is 1. The number of rotatable bonds is 3. The number of nitrogens with one attached hydrogen (secondary N) is 1. The van der Waals surface area contributed by atoms with Gasteiger partial charge in [-0.2, -0.15) is 0 Å². The molecule has 1 saturated heterocycles. The van der Waals surface area contributed by atoms with E-state index < -0.39 is 0 Å². The van der Waals surface area contributed by atoms with Crippen LogP contribution in [0.2, 0.25) is 0 Å². The zero-order valence-electron chi connectivity index (χ0n) is 9.23. The first-order valence-electron chi connectivity index (χ1n) is 5.24. The molecule has 1 aromatic carbocycles. The molecule has 0 saturated carbocycles. The fourth-order valence-corrected chi connectivity index (χ4v) is 1.77. The van der Waals surface area contributed by atoms with Crippen molar-refractivity contribution in [3.05, 3.63) is 29.8 Å². The van der Waals surface area contributed by atoms with Crippen molar-refractivity contribution in [1.82, 2.24) is 5.32 Å². The van der Waals surface area contributed by atoms with E-state index in [4.69, 9.17) is 4.74 Å². The van der Waals surface area contributed by atoms with Gasteiger partial charge in [0.2, 0.25) is 0 Å². The Balaban J connectivity index is 0.00000128. The van der Waals surface area contributed by atoms with E-state index in [2.05, 4.69) is 5.32 Å². The Morgan fingerprint density at radius 2 is 2.19 bits per heavy atom. The van der Waals surface area contributed by atoms with Crippen LogP contribution < -0.4 is 10.1 Å². The fraction of sp³-hybridized carbons (Fsp3) is 0.417. The van der Waals surface area contributed by atoms with Crippen LogP contribution in [0, 0.1) is 0 Å². The molecule has 0 aliphatic carbocycles. The second kappa shape index (κ2) is 5.87. The monoisotopic (exact) mass is 241 g/mol. The third kappa shape index (κ3) is 2.97. The highest BCUT2D eigenvalue weighted by atomic mass is 35.5. The van der Waals surface area contributed by atoms with Crippen molar-refractivity contribution >= 4 is 18.2 Å². The van der Waals surface area contributed by atoms with Crippen LogP contribution in [0.1, 0.15) is 23.7 Å². The molecule has 1 atom stereocenters. The van der Waals surface area contributed by atoms with Crippen LogP contribution in [-0.4, -0.2) is 25.0 Å². The van der Waals surface area contributed by atoms with E-state index in [0.717, 1.165) is 19.5 Å². The van der Waals surface area contributed by atoms with Crippen LogP contribution >= 0.6 is 12.4 Å². The maximum atomic E-state index is 11.3. The van der Waals surface area contributed by atoms with Gasteiger partial charge in [-0.3, -0.25) is 4.79 Å². The van der Waals surface area contributed by atoms with Crippen molar-refractivity contribution in [2.24, 2.45) is 0 Å². The smallest absolute Gasteiger partial charge is 0.163 e. The number of carbonyl (C=O) groups excluding carboxylic acids is 1. The lowest BCUT2D eigenvalue weighted by Crippen LogP contribution is -2.20. The topological polar surface area (TPSA) is 38.3 Å². The Morgan fingerprint density at radius 1 is 1.44 bits per heavy atom. The zero-order chi connectivity index (χ0) is 10.7. The highest BCUT2D eigenvalue weighted by Crippen LogP contribution is 2.21. The fourth-order valence-electron chi connectivity index (χ4n) is 1.77. The molecule has 0 bridgehead atoms. The Labute approximate surface area is 102 Å². The summed E-state index contributed by atoms with van der Waals surface area (Å²) < 4.78 is 5.78. The van der Waals surface area contributed by atoms with Gasteiger partial charge >= 0.3 is 0 Å². The molecule has 1 aromatic rings. The van der Waals surface area contributed by atoms with Gasteiger partial charge < -0.3 is 10.1 Å². The van der Waals surface area contributed by atoms with Gasteiger partial charge in [-0.1, -0.05) is 12.1 Å². The number of ether oxygens (including phenoxy) is 1. The zero-order valence-corrected chi connectivity index (χ0v) is 10.0. The van der Waals surface area contributed by atoms with Gasteiger partial charge in [0.05, 0.1) is 5.56 Å². The predicted octanol–water partition coefficient (Wildman–Crippen LogP) is 2.05. The summed E-state index contributed by atoms with van der Waals surface area (Å²) >= 11 is 0. The summed E-state index contributed by atoms with van der Waals surface area (Å²) in [6.45, 7) is 3.42. The van der Waals surface area contributed by atoms with E-state index in [1.165, 1.54) is 0 Å². The molecule has 4 heteroatoms. The first kappa shape index (κ1) is 13.0. The summed E-state index contributed by atoms with van der Waals surface area (Å²) in [5.41, 5.74) is 0.671. The number of Topliss-reactive ketones (excluding diaryl/α,β-unsaturated/α-hetero) is 1. The number of halogens is 1. The minimum Gasteiger partial charge on any atom is -0.488 e.